The molecule has 0 atom stereocenters. The van der Waals surface area contributed by atoms with Gasteiger partial charge in [0.15, 0.2) is 0 Å². The highest BCUT2D eigenvalue weighted by molar-refractivity contribution is 7.71. The van der Waals surface area contributed by atoms with Crippen LogP contribution in [-0.2, 0) is 6.54 Å². The van der Waals surface area contributed by atoms with Gasteiger partial charge in [0.2, 0.25) is 10.5 Å². The number of nitrogens with one attached hydrogen (secondary N) is 1. The van der Waals surface area contributed by atoms with Crippen molar-refractivity contribution in [1.82, 2.24) is 19.2 Å². The van der Waals surface area contributed by atoms with Crippen LogP contribution in [-0.4, -0.2) is 19.2 Å². The molecule has 0 spiro atoms. The smallest absolute Gasteiger partial charge is 0.235 e. The molecule has 5 heteroatoms. The van der Waals surface area contributed by atoms with Gasteiger partial charge in [-0.3, -0.25) is 4.40 Å². The zero-order chi connectivity index (χ0) is 10.4. The van der Waals surface area contributed by atoms with Gasteiger partial charge in [-0.15, -0.1) is 5.10 Å². The summed E-state index contributed by atoms with van der Waals surface area (Å²) in [7, 11) is 0. The minimum Gasteiger partial charge on any atom is -0.309 e. The van der Waals surface area contributed by atoms with Gasteiger partial charge in [-0.25, -0.2) is 5.10 Å². The Labute approximate surface area is 91.1 Å². The van der Waals surface area contributed by atoms with E-state index in [0.717, 1.165) is 17.8 Å². The molecule has 0 radical (unpaired) electrons. The zero-order valence-corrected chi connectivity index (χ0v) is 9.08. The van der Waals surface area contributed by atoms with E-state index in [1.165, 1.54) is 5.52 Å². The van der Waals surface area contributed by atoms with E-state index in [-0.39, 0.29) is 0 Å². The van der Waals surface area contributed by atoms with Gasteiger partial charge < -0.3 is 4.57 Å². The lowest BCUT2D eigenvalue weighted by Gasteiger charge is -1.97. The van der Waals surface area contributed by atoms with Crippen molar-refractivity contribution in [2.75, 3.05) is 0 Å². The number of benzene rings is 1. The summed E-state index contributed by atoms with van der Waals surface area (Å²) in [6, 6.07) is 8.18. The van der Waals surface area contributed by atoms with Crippen molar-refractivity contribution in [3.05, 3.63) is 29.0 Å². The first-order chi connectivity index (χ1) is 7.33. The number of nitrogens with zero attached hydrogens (tertiary/aromatic N) is 3. The highest BCUT2D eigenvalue weighted by Crippen LogP contribution is 2.19. The Balaban J connectivity index is 2.69. The number of rotatable bonds is 1. The number of para-hydroxylation sites is 2. The van der Waals surface area contributed by atoms with Crippen molar-refractivity contribution >= 4 is 29.0 Å². The van der Waals surface area contributed by atoms with Crippen LogP contribution < -0.4 is 0 Å². The van der Waals surface area contributed by atoms with Gasteiger partial charge in [-0.1, -0.05) is 12.1 Å². The first kappa shape index (κ1) is 8.67. The van der Waals surface area contributed by atoms with Crippen LogP contribution in [0.3, 0.4) is 0 Å². The van der Waals surface area contributed by atoms with Crippen LogP contribution in [0.25, 0.3) is 16.8 Å². The molecule has 0 saturated heterocycles. The lowest BCUT2D eigenvalue weighted by Crippen LogP contribution is -1.94. The molecular formula is C10H10N4S. The summed E-state index contributed by atoms with van der Waals surface area (Å²) in [5.74, 6) is 0.878. The number of hydrogen-bond donors (Lipinski definition) is 1. The predicted molar refractivity (Wildman–Crippen MR) is 61.5 cm³/mol. The molecule has 0 saturated carbocycles. The standard InChI is InChI=1S/C10H10N4S/c1-2-13-7-5-3-4-6-8(7)14-9(13)11-12-10(14)15/h3-6H,2H2,1H3,(H,12,15). The summed E-state index contributed by atoms with van der Waals surface area (Å²) in [6.07, 6.45) is 0. The van der Waals surface area contributed by atoms with Crippen molar-refractivity contribution < 1.29 is 0 Å². The summed E-state index contributed by atoms with van der Waals surface area (Å²) in [4.78, 5) is 0. The third-order valence-corrected chi connectivity index (χ3v) is 2.90. The van der Waals surface area contributed by atoms with Gasteiger partial charge in [-0.05, 0) is 31.3 Å². The SMILES string of the molecule is CCn1c2ccccc2n2c(=S)[nH]nc12. The minimum atomic E-state index is 0.647. The van der Waals surface area contributed by atoms with Crippen LogP contribution >= 0.6 is 12.2 Å². The number of hydrogen-bond acceptors (Lipinski definition) is 2. The van der Waals surface area contributed by atoms with Crippen LogP contribution in [0, 0.1) is 4.77 Å². The fraction of sp³-hybridized carbons (Fsp3) is 0.200. The Morgan fingerprint density at radius 3 is 2.80 bits per heavy atom. The van der Waals surface area contributed by atoms with Crippen LogP contribution in [0.1, 0.15) is 6.92 Å². The Hall–Kier alpha value is -1.62. The largest absolute Gasteiger partial charge is 0.309 e. The van der Waals surface area contributed by atoms with Crippen LogP contribution in [0.5, 0.6) is 0 Å². The van der Waals surface area contributed by atoms with E-state index in [9.17, 15) is 0 Å². The molecule has 76 valence electrons. The second-order valence-corrected chi connectivity index (χ2v) is 3.78. The number of aromatic nitrogens is 4. The molecule has 2 heterocycles. The summed E-state index contributed by atoms with van der Waals surface area (Å²) < 4.78 is 4.75. The first-order valence-electron chi connectivity index (χ1n) is 4.87. The first-order valence-corrected chi connectivity index (χ1v) is 5.28. The predicted octanol–water partition coefficient (Wildman–Crippen LogP) is 2.37. The highest BCUT2D eigenvalue weighted by atomic mass is 32.1. The number of H-pyrrole nitrogens is 1. The zero-order valence-electron chi connectivity index (χ0n) is 8.27. The van der Waals surface area contributed by atoms with Crippen LogP contribution in [0.4, 0.5) is 0 Å². The number of fused-ring (bicyclic) bond motifs is 3. The fourth-order valence-electron chi connectivity index (χ4n) is 1.99. The third-order valence-electron chi connectivity index (χ3n) is 2.63. The van der Waals surface area contributed by atoms with Gasteiger partial charge in [0.05, 0.1) is 11.0 Å². The molecule has 0 aliphatic heterocycles. The van der Waals surface area contributed by atoms with Gasteiger partial charge in [0, 0.05) is 6.54 Å². The van der Waals surface area contributed by atoms with E-state index in [2.05, 4.69) is 33.8 Å². The lowest BCUT2D eigenvalue weighted by atomic mass is 10.3. The van der Waals surface area contributed by atoms with Crippen LogP contribution in [0.2, 0.25) is 0 Å². The van der Waals surface area contributed by atoms with E-state index in [1.54, 1.807) is 0 Å². The molecule has 15 heavy (non-hydrogen) atoms. The number of aromatic amines is 1. The summed E-state index contributed by atoms with van der Waals surface area (Å²) >= 11 is 5.21. The maximum atomic E-state index is 5.21. The average molecular weight is 218 g/mol. The molecule has 0 bridgehead atoms. The van der Waals surface area contributed by atoms with Gasteiger partial charge >= 0.3 is 0 Å². The topological polar surface area (TPSA) is 38.0 Å². The fourth-order valence-corrected chi connectivity index (χ4v) is 2.21. The number of imidazole rings is 1. The van der Waals surface area contributed by atoms with E-state index in [0.29, 0.717) is 4.77 Å². The van der Waals surface area contributed by atoms with E-state index in [4.69, 9.17) is 12.2 Å². The van der Waals surface area contributed by atoms with E-state index in [1.807, 2.05) is 16.5 Å². The molecule has 0 aliphatic rings. The lowest BCUT2D eigenvalue weighted by molar-refractivity contribution is 0.803. The molecule has 3 rings (SSSR count). The van der Waals surface area contributed by atoms with Crippen molar-refractivity contribution in [3.8, 4) is 0 Å². The van der Waals surface area contributed by atoms with Crippen molar-refractivity contribution in [3.63, 3.8) is 0 Å². The molecule has 0 unspecified atom stereocenters. The van der Waals surface area contributed by atoms with E-state index >= 15 is 0 Å². The normalized spacial score (nSPS) is 11.5. The second kappa shape index (κ2) is 2.93. The molecule has 1 N–H and O–H groups in total. The van der Waals surface area contributed by atoms with Gasteiger partial charge in [0.1, 0.15) is 0 Å². The number of aryl methyl sites for hydroxylation is 1. The molecule has 0 fully saturated rings. The minimum absolute atomic E-state index is 0.647. The highest BCUT2D eigenvalue weighted by Gasteiger charge is 2.10. The van der Waals surface area contributed by atoms with Crippen LogP contribution in [0.15, 0.2) is 24.3 Å². The third kappa shape index (κ3) is 1.01. The summed E-state index contributed by atoms with van der Waals surface area (Å²) in [6.45, 7) is 2.99. The molecule has 3 aromatic rings. The van der Waals surface area contributed by atoms with E-state index < -0.39 is 0 Å². The molecule has 0 amide bonds. The van der Waals surface area contributed by atoms with Crippen molar-refractivity contribution in [1.29, 1.82) is 0 Å². The Bertz CT molecular complexity index is 688. The van der Waals surface area contributed by atoms with Crippen molar-refractivity contribution in [2.45, 2.75) is 13.5 Å². The molecule has 4 nitrogen and oxygen atoms in total. The summed E-state index contributed by atoms with van der Waals surface area (Å²) in [5.41, 5.74) is 2.27. The Kier molecular flexibility index (Phi) is 1.70. The molecule has 0 aliphatic carbocycles. The molecule has 2 aromatic heterocycles. The monoisotopic (exact) mass is 218 g/mol. The van der Waals surface area contributed by atoms with Gasteiger partial charge in [0.25, 0.3) is 0 Å². The second-order valence-electron chi connectivity index (χ2n) is 3.40. The van der Waals surface area contributed by atoms with Crippen molar-refractivity contribution in [2.24, 2.45) is 0 Å². The maximum Gasteiger partial charge on any atom is 0.235 e. The molecule has 1 aromatic carbocycles. The quantitative estimate of drug-likeness (QED) is 0.637. The Morgan fingerprint density at radius 1 is 1.33 bits per heavy atom. The average Bonchev–Trinajstić information content (AvgIpc) is 2.77. The summed E-state index contributed by atoms with van der Waals surface area (Å²) in [5, 5.41) is 7.05. The Morgan fingerprint density at radius 2 is 2.07 bits per heavy atom. The maximum absolute atomic E-state index is 5.21. The molecular weight excluding hydrogens is 208 g/mol. The van der Waals surface area contributed by atoms with Gasteiger partial charge in [-0.2, -0.15) is 0 Å².